The smallest absolute Gasteiger partial charge is 0.293 e. The number of aliphatic hydroxyl groups excluding tert-OH is 2. The summed E-state index contributed by atoms with van der Waals surface area (Å²) >= 11 is 0. The lowest BCUT2D eigenvalue weighted by molar-refractivity contribution is -0.135. The highest BCUT2D eigenvalue weighted by atomic mass is 16.5. The summed E-state index contributed by atoms with van der Waals surface area (Å²) < 4.78 is 5.19. The average Bonchev–Trinajstić information content (AvgIpc) is 2.53. The van der Waals surface area contributed by atoms with E-state index in [4.69, 9.17) is 4.74 Å². The summed E-state index contributed by atoms with van der Waals surface area (Å²) in [6, 6.07) is 0. The Morgan fingerprint density at radius 2 is 2.17 bits per heavy atom. The van der Waals surface area contributed by atoms with Gasteiger partial charge in [0, 0.05) is 12.3 Å². The highest BCUT2D eigenvalue weighted by Gasteiger charge is 2.38. The van der Waals surface area contributed by atoms with Crippen LogP contribution in [0.25, 0.3) is 0 Å². The highest BCUT2D eigenvalue weighted by molar-refractivity contribution is 5.37. The Balaban J connectivity index is 2.05. The third kappa shape index (κ3) is 4.70. The minimum atomic E-state index is -0.435. The van der Waals surface area contributed by atoms with Crippen molar-refractivity contribution in [1.82, 2.24) is 0 Å². The molecule has 24 heavy (non-hydrogen) atoms. The van der Waals surface area contributed by atoms with Crippen LogP contribution in [-0.4, -0.2) is 35.0 Å². The molecule has 2 aliphatic rings. The summed E-state index contributed by atoms with van der Waals surface area (Å²) in [5.74, 6) is 1.33. The minimum absolute atomic E-state index is 0.175. The van der Waals surface area contributed by atoms with Gasteiger partial charge >= 0.3 is 0 Å². The maximum absolute atomic E-state index is 10.8. The number of aliphatic hydroxyl groups is 2. The monoisotopic (exact) mass is 336 g/mol. The van der Waals surface area contributed by atoms with E-state index < -0.39 is 6.10 Å². The predicted molar refractivity (Wildman–Crippen MR) is 94.2 cm³/mol. The van der Waals surface area contributed by atoms with Gasteiger partial charge in [-0.05, 0) is 49.0 Å². The Labute approximate surface area is 145 Å². The first-order valence-electron chi connectivity index (χ1n) is 9.31. The van der Waals surface area contributed by atoms with Crippen LogP contribution in [0.15, 0.2) is 23.8 Å². The molecule has 0 spiro atoms. The van der Waals surface area contributed by atoms with Crippen LogP contribution >= 0.6 is 0 Å². The summed E-state index contributed by atoms with van der Waals surface area (Å²) in [5.41, 5.74) is 1.26. The van der Waals surface area contributed by atoms with Gasteiger partial charge in [0.15, 0.2) is 0 Å². The SMILES string of the molecule is CCC(O)CC(CCC1C(C)C=CC2=CC(C)CC(O)C21)OC=O. The van der Waals surface area contributed by atoms with Crippen molar-refractivity contribution in [3.8, 4) is 0 Å². The molecule has 136 valence electrons. The van der Waals surface area contributed by atoms with Crippen LogP contribution in [0.3, 0.4) is 0 Å². The van der Waals surface area contributed by atoms with E-state index in [1.807, 2.05) is 6.92 Å². The molecule has 7 atom stereocenters. The van der Waals surface area contributed by atoms with E-state index in [-0.39, 0.29) is 18.1 Å². The van der Waals surface area contributed by atoms with Gasteiger partial charge in [-0.2, -0.15) is 0 Å². The van der Waals surface area contributed by atoms with Gasteiger partial charge in [0.2, 0.25) is 0 Å². The van der Waals surface area contributed by atoms with Gasteiger partial charge in [0.1, 0.15) is 6.10 Å². The second-order valence-corrected chi connectivity index (χ2v) is 7.58. The van der Waals surface area contributed by atoms with Crippen molar-refractivity contribution in [3.63, 3.8) is 0 Å². The molecule has 0 fully saturated rings. The van der Waals surface area contributed by atoms with Gasteiger partial charge in [-0.1, -0.05) is 39.0 Å². The van der Waals surface area contributed by atoms with Gasteiger partial charge in [-0.3, -0.25) is 4.79 Å². The number of carbonyl (C=O) groups excluding carboxylic acids is 1. The zero-order valence-corrected chi connectivity index (χ0v) is 15.1. The van der Waals surface area contributed by atoms with Crippen LogP contribution in [-0.2, 0) is 9.53 Å². The molecule has 2 N–H and O–H groups in total. The Bertz CT molecular complexity index is 470. The van der Waals surface area contributed by atoms with Crippen molar-refractivity contribution in [1.29, 1.82) is 0 Å². The lowest BCUT2D eigenvalue weighted by atomic mass is 9.65. The summed E-state index contributed by atoms with van der Waals surface area (Å²) in [6.07, 6.45) is 9.27. The average molecular weight is 336 g/mol. The molecule has 0 amide bonds. The number of allylic oxidation sites excluding steroid dienone is 3. The minimum Gasteiger partial charge on any atom is -0.464 e. The molecule has 0 saturated heterocycles. The van der Waals surface area contributed by atoms with Crippen LogP contribution < -0.4 is 0 Å². The second kappa shape index (κ2) is 8.82. The fourth-order valence-electron chi connectivity index (χ4n) is 4.30. The predicted octanol–water partition coefficient (Wildman–Crippen LogP) is 3.23. The third-order valence-electron chi connectivity index (χ3n) is 5.69. The van der Waals surface area contributed by atoms with Crippen molar-refractivity contribution in [2.75, 3.05) is 0 Å². The van der Waals surface area contributed by atoms with E-state index in [0.717, 1.165) is 19.3 Å². The topological polar surface area (TPSA) is 66.8 Å². The first-order chi connectivity index (χ1) is 11.5. The Hall–Kier alpha value is -1.13. The fraction of sp³-hybridized carbons (Fsp3) is 0.750. The Morgan fingerprint density at radius 3 is 2.83 bits per heavy atom. The van der Waals surface area contributed by atoms with Crippen LogP contribution in [0.1, 0.15) is 52.9 Å². The molecule has 0 aliphatic heterocycles. The molecule has 2 rings (SSSR count). The number of hydrogen-bond donors (Lipinski definition) is 2. The second-order valence-electron chi connectivity index (χ2n) is 7.58. The van der Waals surface area contributed by atoms with Crippen molar-refractivity contribution >= 4 is 6.47 Å². The fourth-order valence-corrected chi connectivity index (χ4v) is 4.30. The highest BCUT2D eigenvalue weighted by Crippen LogP contribution is 2.43. The van der Waals surface area contributed by atoms with E-state index >= 15 is 0 Å². The summed E-state index contributed by atoms with van der Waals surface area (Å²) in [5, 5.41) is 20.5. The first-order valence-corrected chi connectivity index (χ1v) is 9.31. The van der Waals surface area contributed by atoms with E-state index in [0.29, 0.717) is 37.1 Å². The van der Waals surface area contributed by atoms with Gasteiger partial charge in [0.05, 0.1) is 12.2 Å². The number of carbonyl (C=O) groups is 1. The van der Waals surface area contributed by atoms with E-state index in [9.17, 15) is 15.0 Å². The molecule has 0 aromatic carbocycles. The first kappa shape index (κ1) is 19.2. The normalized spacial score (nSPS) is 34.9. The third-order valence-corrected chi connectivity index (χ3v) is 5.69. The number of hydrogen-bond acceptors (Lipinski definition) is 4. The molecule has 0 aromatic heterocycles. The summed E-state index contributed by atoms with van der Waals surface area (Å²) in [4.78, 5) is 10.8. The van der Waals surface area contributed by atoms with Gasteiger partial charge < -0.3 is 14.9 Å². The van der Waals surface area contributed by atoms with Crippen molar-refractivity contribution in [3.05, 3.63) is 23.8 Å². The molecule has 2 aliphatic carbocycles. The zero-order chi connectivity index (χ0) is 17.7. The summed E-state index contributed by atoms with van der Waals surface area (Å²) in [7, 11) is 0. The van der Waals surface area contributed by atoms with Gasteiger partial charge in [-0.15, -0.1) is 0 Å². The zero-order valence-electron chi connectivity index (χ0n) is 15.1. The lowest BCUT2D eigenvalue weighted by Gasteiger charge is -2.41. The number of rotatable bonds is 8. The van der Waals surface area contributed by atoms with Crippen LogP contribution in [0.2, 0.25) is 0 Å². The molecular formula is C20H32O4. The van der Waals surface area contributed by atoms with E-state index in [1.54, 1.807) is 0 Å². The molecule has 0 heterocycles. The maximum atomic E-state index is 10.8. The molecule has 7 unspecified atom stereocenters. The maximum Gasteiger partial charge on any atom is 0.293 e. The largest absolute Gasteiger partial charge is 0.464 e. The van der Waals surface area contributed by atoms with Crippen LogP contribution in [0, 0.1) is 23.7 Å². The lowest BCUT2D eigenvalue weighted by Crippen LogP contribution is -2.38. The number of fused-ring (bicyclic) bond motifs is 1. The molecule has 0 aromatic rings. The molecule has 0 saturated carbocycles. The van der Waals surface area contributed by atoms with Crippen molar-refractivity contribution in [2.24, 2.45) is 23.7 Å². The summed E-state index contributed by atoms with van der Waals surface area (Å²) in [6.45, 7) is 6.75. The van der Waals surface area contributed by atoms with Crippen LogP contribution in [0.5, 0.6) is 0 Å². The van der Waals surface area contributed by atoms with Gasteiger partial charge in [-0.25, -0.2) is 0 Å². The standard InChI is InChI=1S/C20H32O4/c1-4-16(22)11-17(24-12-21)7-8-18-14(3)5-6-15-9-13(2)10-19(23)20(15)18/h5-6,9,12-14,16-20,22-23H,4,7-8,10-11H2,1-3H3. The van der Waals surface area contributed by atoms with E-state index in [2.05, 4.69) is 32.1 Å². The molecule has 4 nitrogen and oxygen atoms in total. The molecule has 0 radical (unpaired) electrons. The molecule has 0 bridgehead atoms. The molecular weight excluding hydrogens is 304 g/mol. The van der Waals surface area contributed by atoms with Crippen molar-refractivity contribution < 1.29 is 19.7 Å². The Morgan fingerprint density at radius 1 is 1.42 bits per heavy atom. The van der Waals surface area contributed by atoms with Crippen molar-refractivity contribution in [2.45, 2.75) is 71.2 Å². The van der Waals surface area contributed by atoms with Gasteiger partial charge in [0.25, 0.3) is 6.47 Å². The Kier molecular flexibility index (Phi) is 7.05. The van der Waals surface area contributed by atoms with E-state index in [1.165, 1.54) is 5.57 Å². The van der Waals surface area contributed by atoms with Crippen LogP contribution in [0.4, 0.5) is 0 Å². The quantitative estimate of drug-likeness (QED) is 0.668. The number of ether oxygens (including phenoxy) is 1. The molecule has 4 heteroatoms.